The fourth-order valence-electron chi connectivity index (χ4n) is 1.97. The van der Waals surface area contributed by atoms with Crippen LogP contribution in [-0.2, 0) is 0 Å². The van der Waals surface area contributed by atoms with Crippen molar-refractivity contribution in [1.29, 1.82) is 5.26 Å². The Balaban J connectivity index is 2.11. The number of aromatic nitrogens is 1. The van der Waals surface area contributed by atoms with Gasteiger partial charge in [-0.25, -0.2) is 0 Å². The average Bonchev–Trinajstić information content (AvgIpc) is 2.48. The number of para-hydroxylation sites is 1. The van der Waals surface area contributed by atoms with Gasteiger partial charge in [-0.15, -0.1) is 0 Å². The molecule has 0 atom stereocenters. The van der Waals surface area contributed by atoms with Crippen LogP contribution in [0.3, 0.4) is 0 Å². The molecule has 3 aromatic rings. The third kappa shape index (κ3) is 2.24. The lowest BCUT2D eigenvalue weighted by Crippen LogP contribution is -1.91. The van der Waals surface area contributed by atoms with Crippen molar-refractivity contribution in [2.24, 2.45) is 0 Å². The number of ether oxygens (including phenoxy) is 1. The summed E-state index contributed by atoms with van der Waals surface area (Å²) in [6.45, 7) is 0. The first-order valence-electron chi connectivity index (χ1n) is 6.00. The van der Waals surface area contributed by atoms with Gasteiger partial charge in [0.1, 0.15) is 22.9 Å². The van der Waals surface area contributed by atoms with Gasteiger partial charge in [-0.3, -0.25) is 4.98 Å². The molecule has 0 radical (unpaired) electrons. The molecule has 20 heavy (non-hydrogen) atoms. The zero-order chi connectivity index (χ0) is 13.9. The molecule has 0 bridgehead atoms. The Kier molecular flexibility index (Phi) is 3.36. The van der Waals surface area contributed by atoms with Crippen LogP contribution in [0.2, 0.25) is 0 Å². The molecule has 3 rings (SSSR count). The SMILES string of the molecule is N#Cc1c(Br)cccc1Oc1cccc2cccnc12. The molecule has 0 saturated heterocycles. The molecule has 0 aliphatic heterocycles. The molecule has 1 heterocycles. The Morgan fingerprint density at radius 3 is 2.60 bits per heavy atom. The van der Waals surface area contributed by atoms with E-state index in [0.717, 1.165) is 10.9 Å². The van der Waals surface area contributed by atoms with Crippen LogP contribution in [0, 0.1) is 11.3 Å². The molecule has 3 nitrogen and oxygen atoms in total. The Labute approximate surface area is 124 Å². The van der Waals surface area contributed by atoms with E-state index in [0.29, 0.717) is 21.5 Å². The first kappa shape index (κ1) is 12.6. The maximum atomic E-state index is 9.21. The summed E-state index contributed by atoms with van der Waals surface area (Å²) in [5.41, 5.74) is 1.25. The van der Waals surface area contributed by atoms with Crippen molar-refractivity contribution in [3.63, 3.8) is 0 Å². The normalized spacial score (nSPS) is 10.2. The van der Waals surface area contributed by atoms with E-state index in [-0.39, 0.29) is 0 Å². The molecule has 0 fully saturated rings. The molecule has 0 spiro atoms. The van der Waals surface area contributed by atoms with Gasteiger partial charge < -0.3 is 4.74 Å². The zero-order valence-corrected chi connectivity index (χ0v) is 12.0. The van der Waals surface area contributed by atoms with E-state index in [4.69, 9.17) is 4.74 Å². The Morgan fingerprint density at radius 1 is 1.00 bits per heavy atom. The maximum absolute atomic E-state index is 9.21. The van der Waals surface area contributed by atoms with Crippen LogP contribution in [0.4, 0.5) is 0 Å². The van der Waals surface area contributed by atoms with Crippen LogP contribution in [0.25, 0.3) is 10.9 Å². The number of nitrogens with zero attached hydrogens (tertiary/aromatic N) is 2. The van der Waals surface area contributed by atoms with Gasteiger partial charge in [-0.1, -0.05) is 24.3 Å². The molecular formula is C16H9BrN2O. The van der Waals surface area contributed by atoms with Gasteiger partial charge in [0.05, 0.1) is 0 Å². The van der Waals surface area contributed by atoms with Gasteiger partial charge in [0.25, 0.3) is 0 Å². The fraction of sp³-hybridized carbons (Fsp3) is 0. The van der Waals surface area contributed by atoms with Crippen LogP contribution in [-0.4, -0.2) is 4.98 Å². The summed E-state index contributed by atoms with van der Waals surface area (Å²) in [6, 6.07) is 17.1. The Morgan fingerprint density at radius 2 is 1.75 bits per heavy atom. The number of benzene rings is 2. The second-order valence-corrected chi connectivity index (χ2v) is 5.01. The molecule has 1 aromatic heterocycles. The summed E-state index contributed by atoms with van der Waals surface area (Å²) in [7, 11) is 0. The predicted molar refractivity (Wildman–Crippen MR) is 80.7 cm³/mol. The molecule has 0 unspecified atom stereocenters. The summed E-state index contributed by atoms with van der Waals surface area (Å²) < 4.78 is 6.59. The molecular weight excluding hydrogens is 316 g/mol. The highest BCUT2D eigenvalue weighted by Gasteiger charge is 2.10. The molecule has 4 heteroatoms. The zero-order valence-electron chi connectivity index (χ0n) is 10.4. The molecule has 2 aromatic carbocycles. The topological polar surface area (TPSA) is 45.9 Å². The van der Waals surface area contributed by atoms with E-state index >= 15 is 0 Å². The molecule has 0 amide bonds. The van der Waals surface area contributed by atoms with Crippen molar-refractivity contribution < 1.29 is 4.74 Å². The predicted octanol–water partition coefficient (Wildman–Crippen LogP) is 4.66. The molecule has 0 aliphatic carbocycles. The van der Waals surface area contributed by atoms with E-state index in [1.807, 2.05) is 42.5 Å². The van der Waals surface area contributed by atoms with Crippen LogP contribution < -0.4 is 4.74 Å². The van der Waals surface area contributed by atoms with Crippen LogP contribution >= 0.6 is 15.9 Å². The van der Waals surface area contributed by atoms with Crippen molar-refractivity contribution in [3.05, 3.63) is 64.8 Å². The second kappa shape index (κ2) is 5.32. The molecule has 0 aliphatic rings. The minimum atomic E-state index is 0.473. The fourth-order valence-corrected chi connectivity index (χ4v) is 2.41. The number of fused-ring (bicyclic) bond motifs is 1. The van der Waals surface area contributed by atoms with Crippen molar-refractivity contribution >= 4 is 26.8 Å². The Hall–Kier alpha value is -2.38. The highest BCUT2D eigenvalue weighted by Crippen LogP contribution is 2.32. The molecule has 0 N–H and O–H groups in total. The number of hydrogen-bond acceptors (Lipinski definition) is 3. The summed E-state index contributed by atoms with van der Waals surface area (Å²) in [5, 5.41) is 10.2. The van der Waals surface area contributed by atoms with Gasteiger partial charge in [-0.05, 0) is 40.2 Å². The van der Waals surface area contributed by atoms with Gasteiger partial charge in [0.2, 0.25) is 0 Å². The third-order valence-electron chi connectivity index (χ3n) is 2.90. The molecule has 0 saturated carbocycles. The summed E-state index contributed by atoms with van der Waals surface area (Å²) in [4.78, 5) is 4.34. The van der Waals surface area contributed by atoms with Crippen molar-refractivity contribution in [2.75, 3.05) is 0 Å². The number of hydrogen-bond donors (Lipinski definition) is 0. The van der Waals surface area contributed by atoms with Crippen molar-refractivity contribution in [3.8, 4) is 17.6 Å². The van der Waals surface area contributed by atoms with Crippen molar-refractivity contribution in [1.82, 2.24) is 4.98 Å². The second-order valence-electron chi connectivity index (χ2n) is 4.16. The monoisotopic (exact) mass is 324 g/mol. The van der Waals surface area contributed by atoms with E-state index in [1.165, 1.54) is 0 Å². The van der Waals surface area contributed by atoms with Crippen LogP contribution in [0.15, 0.2) is 59.2 Å². The maximum Gasteiger partial charge on any atom is 0.153 e. The minimum Gasteiger partial charge on any atom is -0.454 e. The van der Waals surface area contributed by atoms with E-state index in [1.54, 1.807) is 12.3 Å². The first-order valence-corrected chi connectivity index (χ1v) is 6.79. The number of pyridine rings is 1. The van der Waals surface area contributed by atoms with Gasteiger partial charge in [-0.2, -0.15) is 5.26 Å². The van der Waals surface area contributed by atoms with Gasteiger partial charge >= 0.3 is 0 Å². The molecule has 96 valence electrons. The van der Waals surface area contributed by atoms with Crippen LogP contribution in [0.5, 0.6) is 11.5 Å². The Bertz CT molecular complexity index is 819. The summed E-state index contributed by atoms with van der Waals surface area (Å²) >= 11 is 3.35. The van der Waals surface area contributed by atoms with Gasteiger partial charge in [0, 0.05) is 16.1 Å². The van der Waals surface area contributed by atoms with Crippen LogP contribution in [0.1, 0.15) is 5.56 Å². The average molecular weight is 325 g/mol. The minimum absolute atomic E-state index is 0.473. The number of halogens is 1. The standard InChI is InChI=1S/C16H9BrN2O/c17-13-6-2-7-14(12(13)10-18)20-15-8-1-4-11-5-3-9-19-16(11)15/h1-9H. The first-order chi connectivity index (χ1) is 9.79. The largest absolute Gasteiger partial charge is 0.454 e. The lowest BCUT2D eigenvalue weighted by molar-refractivity contribution is 0.485. The van der Waals surface area contributed by atoms with Crippen molar-refractivity contribution in [2.45, 2.75) is 0 Å². The summed E-state index contributed by atoms with van der Waals surface area (Å²) in [6.07, 6.45) is 1.72. The van der Waals surface area contributed by atoms with E-state index < -0.39 is 0 Å². The summed E-state index contributed by atoms with van der Waals surface area (Å²) in [5.74, 6) is 1.15. The third-order valence-corrected chi connectivity index (χ3v) is 3.56. The van der Waals surface area contributed by atoms with E-state index in [9.17, 15) is 5.26 Å². The lowest BCUT2D eigenvalue weighted by atomic mass is 10.2. The number of nitriles is 1. The quantitative estimate of drug-likeness (QED) is 0.688. The highest BCUT2D eigenvalue weighted by atomic mass is 79.9. The highest BCUT2D eigenvalue weighted by molar-refractivity contribution is 9.10. The van der Waals surface area contributed by atoms with Gasteiger partial charge in [0.15, 0.2) is 5.75 Å². The lowest BCUT2D eigenvalue weighted by Gasteiger charge is -2.10. The van der Waals surface area contributed by atoms with E-state index in [2.05, 4.69) is 27.0 Å². The number of rotatable bonds is 2. The smallest absolute Gasteiger partial charge is 0.153 e.